The van der Waals surface area contributed by atoms with Crippen LogP contribution in [0.4, 0.5) is 4.79 Å². The summed E-state index contributed by atoms with van der Waals surface area (Å²) >= 11 is 0. The lowest BCUT2D eigenvalue weighted by Gasteiger charge is -2.31. The van der Waals surface area contributed by atoms with Crippen LogP contribution in [-0.4, -0.2) is 39.8 Å². The van der Waals surface area contributed by atoms with Gasteiger partial charge in [0.2, 0.25) is 5.91 Å². The number of nitrogens with one attached hydrogen (secondary N) is 2. The van der Waals surface area contributed by atoms with Gasteiger partial charge >= 0.3 is 6.09 Å². The van der Waals surface area contributed by atoms with Gasteiger partial charge in [0.15, 0.2) is 0 Å². The minimum Gasteiger partial charge on any atom is -0.440 e. The molecule has 1 aromatic heterocycles. The predicted octanol–water partition coefficient (Wildman–Crippen LogP) is 1.99. The van der Waals surface area contributed by atoms with Crippen LogP contribution < -0.4 is 11.1 Å². The molecule has 1 unspecified atom stereocenters. The number of benzene rings is 1. The zero-order chi connectivity index (χ0) is 18.8. The van der Waals surface area contributed by atoms with Crippen molar-refractivity contribution >= 4 is 22.9 Å². The molecule has 0 spiro atoms. The lowest BCUT2D eigenvalue weighted by molar-refractivity contribution is -0.124. The molecule has 5 N–H and O–H groups in total. The zero-order valence-corrected chi connectivity index (χ0v) is 14.9. The van der Waals surface area contributed by atoms with Crippen molar-refractivity contribution in [3.63, 3.8) is 0 Å². The molecule has 2 aromatic rings. The largest absolute Gasteiger partial charge is 0.440 e. The van der Waals surface area contributed by atoms with Crippen LogP contribution in [0.3, 0.4) is 0 Å². The van der Waals surface area contributed by atoms with Gasteiger partial charge in [-0.1, -0.05) is 18.2 Å². The molecule has 140 valence electrons. The summed E-state index contributed by atoms with van der Waals surface area (Å²) in [6.07, 6.45) is 4.34. The van der Waals surface area contributed by atoms with Crippen LogP contribution in [0.15, 0.2) is 30.5 Å². The first-order chi connectivity index (χ1) is 12.4. The van der Waals surface area contributed by atoms with E-state index in [0.29, 0.717) is 12.8 Å². The molecule has 3 rings (SSSR count). The van der Waals surface area contributed by atoms with Crippen LogP contribution in [0.25, 0.3) is 10.9 Å². The van der Waals surface area contributed by atoms with E-state index >= 15 is 0 Å². The SMILES string of the molecule is CC(Cc1c[nH]c2ccccc12)(NC(=O)OC1(CO)CCCC1)C(N)=O. The van der Waals surface area contributed by atoms with E-state index in [4.69, 9.17) is 10.5 Å². The molecule has 1 fully saturated rings. The highest BCUT2D eigenvalue weighted by Crippen LogP contribution is 2.33. The van der Waals surface area contributed by atoms with E-state index in [1.54, 1.807) is 6.92 Å². The molecule has 1 aromatic carbocycles. The molecule has 0 bridgehead atoms. The van der Waals surface area contributed by atoms with Gasteiger partial charge in [-0.05, 0) is 44.2 Å². The monoisotopic (exact) mass is 359 g/mol. The number of nitrogens with two attached hydrogens (primary N) is 1. The summed E-state index contributed by atoms with van der Waals surface area (Å²) in [5.74, 6) is -0.649. The van der Waals surface area contributed by atoms with Crippen molar-refractivity contribution in [1.29, 1.82) is 0 Å². The Morgan fingerprint density at radius 2 is 2.04 bits per heavy atom. The fraction of sp³-hybridized carbons (Fsp3) is 0.474. The Bertz CT molecular complexity index is 810. The van der Waals surface area contributed by atoms with E-state index in [1.807, 2.05) is 30.5 Å². The number of para-hydroxylation sites is 1. The summed E-state index contributed by atoms with van der Waals surface area (Å²) in [4.78, 5) is 27.7. The molecular formula is C19H25N3O4. The Balaban J connectivity index is 1.77. The van der Waals surface area contributed by atoms with Crippen molar-refractivity contribution in [2.75, 3.05) is 6.61 Å². The number of hydrogen-bond acceptors (Lipinski definition) is 4. The lowest BCUT2D eigenvalue weighted by atomic mass is 9.92. The first-order valence-corrected chi connectivity index (χ1v) is 8.84. The molecule has 1 aliphatic rings. The lowest BCUT2D eigenvalue weighted by Crippen LogP contribution is -2.58. The number of amides is 2. The van der Waals surface area contributed by atoms with E-state index in [2.05, 4.69) is 10.3 Å². The van der Waals surface area contributed by atoms with Gasteiger partial charge in [-0.25, -0.2) is 4.79 Å². The average molecular weight is 359 g/mol. The van der Waals surface area contributed by atoms with Gasteiger partial charge in [-0.3, -0.25) is 4.79 Å². The van der Waals surface area contributed by atoms with Crippen molar-refractivity contribution in [2.45, 2.75) is 50.2 Å². The number of ether oxygens (including phenoxy) is 1. The number of primary amides is 1. The number of alkyl carbamates (subject to hydrolysis) is 1. The molecule has 1 saturated carbocycles. The number of aromatic amines is 1. The van der Waals surface area contributed by atoms with Crippen molar-refractivity contribution in [3.05, 3.63) is 36.0 Å². The number of fused-ring (bicyclic) bond motifs is 1. The standard InChI is InChI=1S/C19H25N3O4/c1-18(16(20)24,10-13-11-21-15-7-3-2-6-14(13)15)22-17(25)26-19(12-23)8-4-5-9-19/h2-3,6-7,11,21,23H,4-5,8-10,12H2,1H3,(H2,20,24)(H,22,25). The Kier molecular flexibility index (Phi) is 4.91. The van der Waals surface area contributed by atoms with Crippen molar-refractivity contribution in [3.8, 4) is 0 Å². The number of hydrogen-bond donors (Lipinski definition) is 4. The second-order valence-corrected chi connectivity index (χ2v) is 7.30. The molecule has 7 heteroatoms. The third kappa shape index (κ3) is 3.53. The summed E-state index contributed by atoms with van der Waals surface area (Å²) in [6.45, 7) is 1.36. The molecule has 1 heterocycles. The summed E-state index contributed by atoms with van der Waals surface area (Å²) in [7, 11) is 0. The topological polar surface area (TPSA) is 117 Å². The van der Waals surface area contributed by atoms with E-state index in [9.17, 15) is 14.7 Å². The van der Waals surface area contributed by atoms with Crippen LogP contribution >= 0.6 is 0 Å². The Labute approximate surface area is 151 Å². The average Bonchev–Trinajstić information content (AvgIpc) is 3.23. The molecule has 7 nitrogen and oxygen atoms in total. The summed E-state index contributed by atoms with van der Waals surface area (Å²) in [6, 6.07) is 7.71. The van der Waals surface area contributed by atoms with Gasteiger partial charge in [0.05, 0.1) is 6.61 Å². The normalized spacial score (nSPS) is 18.4. The first-order valence-electron chi connectivity index (χ1n) is 8.84. The van der Waals surface area contributed by atoms with Crippen LogP contribution in [0, 0.1) is 0 Å². The second kappa shape index (κ2) is 6.99. The van der Waals surface area contributed by atoms with Gasteiger partial charge in [-0.2, -0.15) is 0 Å². The molecule has 2 amide bonds. The minimum absolute atomic E-state index is 0.226. The minimum atomic E-state index is -1.31. The van der Waals surface area contributed by atoms with E-state index in [0.717, 1.165) is 29.3 Å². The number of aliphatic hydroxyl groups is 1. The molecule has 0 aliphatic heterocycles. The number of carbonyl (C=O) groups is 2. The Morgan fingerprint density at radius 3 is 2.69 bits per heavy atom. The highest BCUT2D eigenvalue weighted by molar-refractivity contribution is 5.90. The molecular weight excluding hydrogens is 334 g/mol. The Hall–Kier alpha value is -2.54. The third-order valence-electron chi connectivity index (χ3n) is 5.25. The highest BCUT2D eigenvalue weighted by Gasteiger charge is 2.40. The Morgan fingerprint density at radius 1 is 1.35 bits per heavy atom. The molecule has 26 heavy (non-hydrogen) atoms. The van der Waals surface area contributed by atoms with Gasteiger partial charge < -0.3 is 25.9 Å². The van der Waals surface area contributed by atoms with Crippen molar-refractivity contribution < 1.29 is 19.4 Å². The van der Waals surface area contributed by atoms with Crippen molar-refractivity contribution in [1.82, 2.24) is 10.3 Å². The number of aromatic nitrogens is 1. The fourth-order valence-corrected chi connectivity index (χ4v) is 3.61. The molecule has 1 atom stereocenters. The number of rotatable bonds is 6. The van der Waals surface area contributed by atoms with Crippen molar-refractivity contribution in [2.24, 2.45) is 5.73 Å². The molecule has 1 aliphatic carbocycles. The van der Waals surface area contributed by atoms with E-state index < -0.39 is 23.1 Å². The molecule has 0 radical (unpaired) electrons. The predicted molar refractivity (Wildman–Crippen MR) is 97.5 cm³/mol. The highest BCUT2D eigenvalue weighted by atomic mass is 16.6. The maximum Gasteiger partial charge on any atom is 0.408 e. The molecule has 0 saturated heterocycles. The fourth-order valence-electron chi connectivity index (χ4n) is 3.61. The summed E-state index contributed by atoms with van der Waals surface area (Å²) in [5.41, 5.74) is 5.24. The van der Waals surface area contributed by atoms with Gasteiger partial charge in [-0.15, -0.1) is 0 Å². The van der Waals surface area contributed by atoms with Gasteiger partial charge in [0.1, 0.15) is 11.1 Å². The van der Waals surface area contributed by atoms with E-state index in [-0.39, 0.29) is 13.0 Å². The number of carbonyl (C=O) groups excluding carboxylic acids is 2. The first kappa shape index (κ1) is 18.3. The van der Waals surface area contributed by atoms with Crippen LogP contribution in [0.1, 0.15) is 38.2 Å². The second-order valence-electron chi connectivity index (χ2n) is 7.30. The van der Waals surface area contributed by atoms with Crippen LogP contribution in [0.5, 0.6) is 0 Å². The van der Waals surface area contributed by atoms with Crippen LogP contribution in [-0.2, 0) is 16.0 Å². The van der Waals surface area contributed by atoms with E-state index in [1.165, 1.54) is 0 Å². The maximum atomic E-state index is 12.4. The maximum absolute atomic E-state index is 12.4. The summed E-state index contributed by atoms with van der Waals surface area (Å²) in [5, 5.41) is 13.2. The number of H-pyrrole nitrogens is 1. The van der Waals surface area contributed by atoms with Gasteiger partial charge in [0, 0.05) is 23.5 Å². The smallest absolute Gasteiger partial charge is 0.408 e. The van der Waals surface area contributed by atoms with Crippen LogP contribution in [0.2, 0.25) is 0 Å². The quantitative estimate of drug-likeness (QED) is 0.631. The zero-order valence-electron chi connectivity index (χ0n) is 14.9. The van der Waals surface area contributed by atoms with Gasteiger partial charge in [0.25, 0.3) is 0 Å². The third-order valence-corrected chi connectivity index (χ3v) is 5.25. The summed E-state index contributed by atoms with van der Waals surface area (Å²) < 4.78 is 5.49. The number of aliphatic hydroxyl groups excluding tert-OH is 1.